The first-order valence-corrected chi connectivity index (χ1v) is 19.8. The lowest BCUT2D eigenvalue weighted by atomic mass is 9.90. The van der Waals surface area contributed by atoms with E-state index in [1.165, 1.54) is 0 Å². The second kappa shape index (κ2) is 12.6. The van der Waals surface area contributed by atoms with E-state index in [4.69, 9.17) is 31.4 Å². The molecule has 0 bridgehead atoms. The highest BCUT2D eigenvalue weighted by Gasteiger charge is 2.63. The van der Waals surface area contributed by atoms with Gasteiger partial charge in [0.05, 0.1) is 22.4 Å². The van der Waals surface area contributed by atoms with Gasteiger partial charge in [0.25, 0.3) is 0 Å². The Kier molecular flexibility index (Phi) is 9.10. The van der Waals surface area contributed by atoms with E-state index in [0.29, 0.717) is 0 Å². The zero-order chi connectivity index (χ0) is 33.6. The highest BCUT2D eigenvalue weighted by atomic mass is 28.5. The van der Waals surface area contributed by atoms with E-state index < -0.39 is 54.2 Å². The van der Waals surface area contributed by atoms with Crippen LogP contribution in [0.1, 0.15) is 55.4 Å². The van der Waals surface area contributed by atoms with E-state index in [-0.39, 0.29) is 0 Å². The lowest BCUT2D eigenvalue weighted by Crippen LogP contribution is -2.77. The average molecular weight is 667 g/mol. The summed E-state index contributed by atoms with van der Waals surface area (Å²) in [4.78, 5) is 0. The summed E-state index contributed by atoms with van der Waals surface area (Å²) < 4.78 is 48.4. The predicted molar refractivity (Wildman–Crippen MR) is 191 cm³/mol. The maximum Gasteiger partial charge on any atom is 0.631 e. The van der Waals surface area contributed by atoms with Gasteiger partial charge in [-0.3, -0.25) is 0 Å². The smallest absolute Gasteiger partial charge is 0.402 e. The van der Waals surface area contributed by atoms with Gasteiger partial charge in [0.15, 0.2) is 0 Å². The molecule has 244 valence electrons. The second-order valence-electron chi connectivity index (χ2n) is 14.1. The SMILES string of the molecule is CC1(C)OB(O[Si](O[Si](OB2OC(C)(C)C(C)(C)O2)(c2ccccc2)c2ccccc2)(c2ccccc2)c2ccccc2)OC1(C)C. The topological polar surface area (TPSA) is 64.6 Å². The fourth-order valence-corrected chi connectivity index (χ4v) is 14.0. The summed E-state index contributed by atoms with van der Waals surface area (Å²) in [6, 6.07) is 40.4. The van der Waals surface area contributed by atoms with Crippen molar-refractivity contribution < 1.29 is 31.4 Å². The van der Waals surface area contributed by atoms with Crippen molar-refractivity contribution in [2.75, 3.05) is 0 Å². The van der Waals surface area contributed by atoms with Crippen molar-refractivity contribution in [2.24, 2.45) is 0 Å². The highest BCUT2D eigenvalue weighted by Crippen LogP contribution is 2.40. The van der Waals surface area contributed by atoms with Crippen LogP contribution in [0.15, 0.2) is 121 Å². The van der Waals surface area contributed by atoms with Gasteiger partial charge in [-0.25, -0.2) is 0 Å². The Bertz CT molecular complexity index is 1410. The van der Waals surface area contributed by atoms with Crippen LogP contribution in [0.25, 0.3) is 0 Å². The summed E-state index contributed by atoms with van der Waals surface area (Å²) in [5, 5.41) is 3.51. The predicted octanol–water partition coefficient (Wildman–Crippen LogP) is 4.73. The van der Waals surface area contributed by atoms with E-state index >= 15 is 0 Å². The molecule has 6 rings (SSSR count). The third-order valence-electron chi connectivity index (χ3n) is 9.89. The molecule has 11 heteroatoms. The molecule has 4 aromatic rings. The molecule has 47 heavy (non-hydrogen) atoms. The number of hydrogen-bond acceptors (Lipinski definition) is 7. The maximum atomic E-state index is 7.88. The van der Waals surface area contributed by atoms with Gasteiger partial charge in [0.2, 0.25) is 0 Å². The lowest BCUT2D eigenvalue weighted by molar-refractivity contribution is 0.00578. The van der Waals surface area contributed by atoms with Crippen LogP contribution in [-0.4, -0.2) is 54.2 Å². The number of benzene rings is 4. The largest absolute Gasteiger partial charge is 0.631 e. The normalized spacial score (nSPS) is 20.0. The molecule has 0 aliphatic carbocycles. The van der Waals surface area contributed by atoms with Gasteiger partial charge in [-0.15, -0.1) is 0 Å². The van der Waals surface area contributed by atoms with Gasteiger partial charge in [-0.1, -0.05) is 121 Å². The van der Waals surface area contributed by atoms with Crippen LogP contribution in [0.2, 0.25) is 0 Å². The highest BCUT2D eigenvalue weighted by molar-refractivity contribution is 7.06. The maximum absolute atomic E-state index is 7.88. The van der Waals surface area contributed by atoms with Gasteiger partial charge in [-0.2, -0.15) is 0 Å². The summed E-state index contributed by atoms with van der Waals surface area (Å²) in [6.45, 7) is 16.1. The molecule has 2 aliphatic rings. The Morgan fingerprint density at radius 3 is 0.809 bits per heavy atom. The monoisotopic (exact) mass is 666 g/mol. The molecule has 2 aliphatic heterocycles. The van der Waals surface area contributed by atoms with E-state index in [0.717, 1.165) is 20.7 Å². The molecule has 0 saturated carbocycles. The molecule has 0 unspecified atom stereocenters. The summed E-state index contributed by atoms with van der Waals surface area (Å²) in [5.41, 5.74) is -2.51. The first-order valence-electron chi connectivity index (χ1n) is 16.2. The first-order chi connectivity index (χ1) is 22.2. The van der Waals surface area contributed by atoms with Crippen LogP contribution >= 0.6 is 0 Å². The zero-order valence-corrected chi connectivity index (χ0v) is 30.6. The Morgan fingerprint density at radius 2 is 0.596 bits per heavy atom. The van der Waals surface area contributed by atoms with Gasteiger partial charge in [-0.05, 0) is 76.1 Å². The van der Waals surface area contributed by atoms with Crippen molar-refractivity contribution in [1.29, 1.82) is 0 Å². The van der Waals surface area contributed by atoms with Crippen molar-refractivity contribution in [2.45, 2.75) is 77.8 Å². The second-order valence-corrected chi connectivity index (χ2v) is 20.2. The van der Waals surface area contributed by atoms with Crippen molar-refractivity contribution in [3.63, 3.8) is 0 Å². The Hall–Kier alpha value is -2.84. The molecule has 4 aromatic carbocycles. The molecular weight excluding hydrogens is 622 g/mol. The Morgan fingerprint density at radius 1 is 0.383 bits per heavy atom. The minimum absolute atomic E-state index is 0.627. The molecule has 0 radical (unpaired) electrons. The molecule has 0 N–H and O–H groups in total. The minimum atomic E-state index is -3.81. The molecule has 0 spiro atoms. The van der Waals surface area contributed by atoms with Crippen LogP contribution in [0.3, 0.4) is 0 Å². The third-order valence-corrected chi connectivity index (χ3v) is 17.6. The van der Waals surface area contributed by atoms with Crippen molar-refractivity contribution in [3.8, 4) is 0 Å². The summed E-state index contributed by atoms with van der Waals surface area (Å²) in [7, 11) is -9.64. The van der Waals surface area contributed by atoms with E-state index in [2.05, 4.69) is 0 Å². The standard InChI is InChI=1S/C36H44B2O7Si2/c1-33(2)34(3,4)40-37(39-33)43-46(29-21-13-9-14-22-29,30-23-15-10-16-24-30)45-47(31-25-17-11-18-26-31,32-27-19-12-20-28-32)44-38-41-35(5,6)36(7,8)42-38/h9-28H,1-8H3. The Labute approximate surface area is 282 Å². The number of rotatable bonds is 10. The van der Waals surface area contributed by atoms with Gasteiger partial charge >= 0.3 is 31.8 Å². The summed E-state index contributed by atoms with van der Waals surface area (Å²) in [5.74, 6) is 0. The summed E-state index contributed by atoms with van der Waals surface area (Å²) >= 11 is 0. The average Bonchev–Trinajstić information content (AvgIpc) is 3.39. The third kappa shape index (κ3) is 6.37. The summed E-state index contributed by atoms with van der Waals surface area (Å²) in [6.07, 6.45) is 0. The Balaban J connectivity index is 1.60. The number of hydrogen-bond donors (Lipinski definition) is 0. The van der Waals surface area contributed by atoms with E-state index in [9.17, 15) is 0 Å². The molecule has 2 saturated heterocycles. The van der Waals surface area contributed by atoms with Crippen LogP contribution in [-0.2, 0) is 31.4 Å². The van der Waals surface area contributed by atoms with E-state index in [1.807, 2.05) is 177 Å². The quantitative estimate of drug-likeness (QED) is 0.227. The van der Waals surface area contributed by atoms with Gasteiger partial charge in [0, 0.05) is 0 Å². The fraction of sp³-hybridized carbons (Fsp3) is 0.333. The molecule has 2 fully saturated rings. The van der Waals surface area contributed by atoms with Crippen LogP contribution in [0.5, 0.6) is 0 Å². The van der Waals surface area contributed by atoms with Crippen LogP contribution in [0.4, 0.5) is 0 Å². The fourth-order valence-electron chi connectivity index (χ4n) is 5.67. The molecular formula is C36H44B2O7Si2. The van der Waals surface area contributed by atoms with Gasteiger partial charge in [0.1, 0.15) is 0 Å². The molecule has 0 amide bonds. The van der Waals surface area contributed by atoms with Crippen LogP contribution < -0.4 is 20.7 Å². The van der Waals surface area contributed by atoms with Gasteiger partial charge < -0.3 is 31.4 Å². The first kappa shape index (κ1) is 34.0. The lowest BCUT2D eigenvalue weighted by Gasteiger charge is -2.42. The van der Waals surface area contributed by atoms with Crippen molar-refractivity contribution in [1.82, 2.24) is 0 Å². The van der Waals surface area contributed by atoms with Crippen LogP contribution in [0, 0.1) is 0 Å². The minimum Gasteiger partial charge on any atom is -0.402 e. The zero-order valence-electron chi connectivity index (χ0n) is 28.6. The van der Waals surface area contributed by atoms with Crippen molar-refractivity contribution >= 4 is 52.5 Å². The van der Waals surface area contributed by atoms with E-state index in [1.54, 1.807) is 0 Å². The molecule has 0 atom stereocenters. The molecule has 7 nitrogen and oxygen atoms in total. The molecule has 0 aromatic heterocycles. The van der Waals surface area contributed by atoms with Crippen molar-refractivity contribution in [3.05, 3.63) is 121 Å². The molecule has 2 heterocycles.